The molecule has 0 spiro atoms. The lowest BCUT2D eigenvalue weighted by Crippen LogP contribution is -2.29. The second-order valence-electron chi connectivity index (χ2n) is 6.74. The van der Waals surface area contributed by atoms with Crippen LogP contribution in [0.1, 0.15) is 5.56 Å². The number of aryl methyl sites for hydroxylation is 1. The number of nitrogens with zero attached hydrogens (tertiary/aromatic N) is 1. The Balaban J connectivity index is 1.71. The van der Waals surface area contributed by atoms with Gasteiger partial charge in [-0.1, -0.05) is 35.3 Å². The zero-order valence-corrected chi connectivity index (χ0v) is 18.2. The van der Waals surface area contributed by atoms with Crippen LogP contribution in [0.25, 0.3) is 22.2 Å². The fourth-order valence-electron chi connectivity index (χ4n) is 3.09. The molecule has 3 N–H and O–H groups in total. The van der Waals surface area contributed by atoms with Gasteiger partial charge in [-0.05, 0) is 42.3 Å². The number of benzene rings is 2. The van der Waals surface area contributed by atoms with Gasteiger partial charge in [-0.25, -0.2) is 13.4 Å². The first-order valence-corrected chi connectivity index (χ1v) is 11.1. The van der Waals surface area contributed by atoms with E-state index in [4.69, 9.17) is 23.2 Å². The highest BCUT2D eigenvalue weighted by atomic mass is 35.5. The van der Waals surface area contributed by atoms with Crippen molar-refractivity contribution in [3.05, 3.63) is 85.0 Å². The van der Waals surface area contributed by atoms with Crippen molar-refractivity contribution in [3.63, 3.8) is 0 Å². The monoisotopic (exact) mass is 476 g/mol. The first-order chi connectivity index (χ1) is 14.6. The van der Waals surface area contributed by atoms with Crippen molar-refractivity contribution in [2.45, 2.75) is 11.8 Å². The van der Waals surface area contributed by atoms with E-state index in [1.165, 1.54) is 24.4 Å². The highest BCUT2D eigenvalue weighted by molar-refractivity contribution is 7.92. The number of rotatable bonds is 4. The Bertz CT molecular complexity index is 1560. The minimum absolute atomic E-state index is 0.0187. The molecule has 0 saturated carbocycles. The number of H-pyrrole nitrogens is 2. The Labute approximate surface area is 185 Å². The number of hydrogen-bond donors (Lipinski definition) is 3. The molecule has 0 bridgehead atoms. The van der Waals surface area contributed by atoms with Crippen molar-refractivity contribution in [1.82, 2.24) is 15.0 Å². The quantitative estimate of drug-likeness (QED) is 0.387. The van der Waals surface area contributed by atoms with Crippen LogP contribution in [0.2, 0.25) is 10.0 Å². The van der Waals surface area contributed by atoms with E-state index in [0.717, 1.165) is 5.56 Å². The van der Waals surface area contributed by atoms with Crippen molar-refractivity contribution < 1.29 is 8.42 Å². The van der Waals surface area contributed by atoms with Crippen molar-refractivity contribution >= 4 is 50.1 Å². The Morgan fingerprint density at radius 2 is 1.65 bits per heavy atom. The number of fused-ring (bicyclic) bond motifs is 1. The van der Waals surface area contributed by atoms with Gasteiger partial charge in [0.25, 0.3) is 10.0 Å². The molecular formula is C20H14Cl2N4O4S. The average Bonchev–Trinajstić information content (AvgIpc) is 2.68. The van der Waals surface area contributed by atoms with E-state index >= 15 is 0 Å². The van der Waals surface area contributed by atoms with Crippen LogP contribution in [-0.2, 0) is 10.0 Å². The lowest BCUT2D eigenvalue weighted by molar-refractivity contribution is 0.600. The summed E-state index contributed by atoms with van der Waals surface area (Å²) in [6.07, 6.45) is 1.45. The van der Waals surface area contributed by atoms with Crippen LogP contribution in [0.15, 0.2) is 63.1 Å². The third-order valence-electron chi connectivity index (χ3n) is 4.54. The van der Waals surface area contributed by atoms with E-state index in [0.29, 0.717) is 21.7 Å². The molecule has 8 nitrogen and oxygen atoms in total. The van der Waals surface area contributed by atoms with Gasteiger partial charge in [0.1, 0.15) is 5.82 Å². The molecule has 0 unspecified atom stereocenters. The maximum atomic E-state index is 13.0. The summed E-state index contributed by atoms with van der Waals surface area (Å²) in [4.78, 5) is 31.9. The second-order valence-corrected chi connectivity index (χ2v) is 9.23. The molecule has 0 atom stereocenters. The number of aromatic amines is 2. The normalized spacial score (nSPS) is 11.6. The molecule has 11 heteroatoms. The summed E-state index contributed by atoms with van der Waals surface area (Å²) in [5, 5.41) is 0.816. The number of aromatic nitrogens is 3. The van der Waals surface area contributed by atoms with Gasteiger partial charge in [0.2, 0.25) is 0 Å². The third kappa shape index (κ3) is 4.20. The molecule has 2 aromatic heterocycles. The zero-order chi connectivity index (χ0) is 22.3. The predicted octanol–water partition coefficient (Wildman–Crippen LogP) is 3.69. The summed E-state index contributed by atoms with van der Waals surface area (Å²) in [5.41, 5.74) is 0.491. The number of pyridine rings is 1. The molecule has 0 saturated heterocycles. The maximum absolute atomic E-state index is 13.0. The first-order valence-electron chi connectivity index (χ1n) is 8.85. The molecule has 0 aliphatic heterocycles. The smallest absolute Gasteiger partial charge is 0.314 e. The van der Waals surface area contributed by atoms with Crippen LogP contribution in [0, 0.1) is 6.92 Å². The largest absolute Gasteiger partial charge is 0.316 e. The zero-order valence-electron chi connectivity index (χ0n) is 15.9. The van der Waals surface area contributed by atoms with Crippen molar-refractivity contribution in [2.75, 3.05) is 4.72 Å². The van der Waals surface area contributed by atoms with Crippen molar-refractivity contribution in [2.24, 2.45) is 0 Å². The van der Waals surface area contributed by atoms with Crippen molar-refractivity contribution in [1.29, 1.82) is 0 Å². The summed E-state index contributed by atoms with van der Waals surface area (Å²) in [7, 11) is -4.07. The molecule has 0 amide bonds. The number of halogens is 2. The van der Waals surface area contributed by atoms with Crippen LogP contribution < -0.4 is 15.8 Å². The minimum atomic E-state index is -4.07. The van der Waals surface area contributed by atoms with E-state index < -0.39 is 21.1 Å². The van der Waals surface area contributed by atoms with Gasteiger partial charge < -0.3 is 9.97 Å². The minimum Gasteiger partial charge on any atom is -0.316 e. The van der Waals surface area contributed by atoms with E-state index in [2.05, 4.69) is 19.7 Å². The molecule has 0 fully saturated rings. The summed E-state index contributed by atoms with van der Waals surface area (Å²) >= 11 is 12.4. The van der Waals surface area contributed by atoms with E-state index in [1.807, 2.05) is 6.07 Å². The van der Waals surface area contributed by atoms with Gasteiger partial charge >= 0.3 is 11.1 Å². The Morgan fingerprint density at radius 1 is 0.968 bits per heavy atom. The summed E-state index contributed by atoms with van der Waals surface area (Å²) in [5.74, 6) is 0.0187. The molecule has 4 rings (SSSR count). The van der Waals surface area contributed by atoms with Crippen molar-refractivity contribution in [3.8, 4) is 11.1 Å². The molecule has 2 heterocycles. The molecule has 4 aromatic rings. The summed E-state index contributed by atoms with van der Waals surface area (Å²) in [6, 6.07) is 11.1. The van der Waals surface area contributed by atoms with Gasteiger partial charge in [0.05, 0.1) is 21.0 Å². The predicted molar refractivity (Wildman–Crippen MR) is 120 cm³/mol. The van der Waals surface area contributed by atoms with Crippen LogP contribution in [0.5, 0.6) is 0 Å². The summed E-state index contributed by atoms with van der Waals surface area (Å²) < 4.78 is 28.3. The van der Waals surface area contributed by atoms with Gasteiger partial charge in [-0.15, -0.1) is 0 Å². The topological polar surface area (TPSA) is 125 Å². The number of anilines is 1. The lowest BCUT2D eigenvalue weighted by atomic mass is 10.1. The molecule has 31 heavy (non-hydrogen) atoms. The second kappa shape index (κ2) is 7.84. The van der Waals surface area contributed by atoms with E-state index in [9.17, 15) is 18.0 Å². The highest BCUT2D eigenvalue weighted by Crippen LogP contribution is 2.31. The number of hydrogen-bond acceptors (Lipinski definition) is 5. The van der Waals surface area contributed by atoms with Gasteiger partial charge in [0, 0.05) is 22.8 Å². The fraction of sp³-hybridized carbons (Fsp3) is 0.0500. The molecule has 2 aromatic carbocycles. The molecular weight excluding hydrogens is 463 g/mol. The third-order valence-corrected chi connectivity index (χ3v) is 6.58. The Morgan fingerprint density at radius 3 is 2.29 bits per heavy atom. The number of nitrogens with one attached hydrogen (secondary N) is 3. The lowest BCUT2D eigenvalue weighted by Gasteiger charge is -2.12. The Hall–Kier alpha value is -3.14. The molecule has 158 valence electrons. The number of sulfonamides is 1. The van der Waals surface area contributed by atoms with Crippen LogP contribution in [0.3, 0.4) is 0 Å². The molecule has 0 radical (unpaired) electrons. The summed E-state index contributed by atoms with van der Waals surface area (Å²) in [6.45, 7) is 1.57. The van der Waals surface area contributed by atoms with Gasteiger partial charge in [-0.2, -0.15) is 0 Å². The van der Waals surface area contributed by atoms with E-state index in [-0.39, 0.29) is 21.3 Å². The SMILES string of the molecule is Cc1cc2[nH]c(=O)c(=O)[nH]c2cc1S(=O)(=O)Nc1cc(Cl)c(-c2cccc(Cl)c2)cn1. The average molecular weight is 477 g/mol. The van der Waals surface area contributed by atoms with E-state index in [1.54, 1.807) is 25.1 Å². The standard InChI is InChI=1S/C20H14Cl2N4O4S/c1-10-5-15-16(25-20(28)19(27)24-15)8-17(10)31(29,30)26-18-7-14(22)13(9-23-18)11-3-2-4-12(21)6-11/h2-9H,1H3,(H,23,26)(H,24,27)(H,25,28). The van der Waals surface area contributed by atoms with Crippen LogP contribution in [0.4, 0.5) is 5.82 Å². The molecule has 0 aliphatic rings. The Kier molecular flexibility index (Phi) is 5.34. The first kappa shape index (κ1) is 21.1. The maximum Gasteiger partial charge on any atom is 0.314 e. The highest BCUT2D eigenvalue weighted by Gasteiger charge is 2.20. The fourth-order valence-corrected chi connectivity index (χ4v) is 4.79. The van der Waals surface area contributed by atoms with Gasteiger partial charge in [0.15, 0.2) is 0 Å². The molecule has 0 aliphatic carbocycles. The van der Waals surface area contributed by atoms with Gasteiger partial charge in [-0.3, -0.25) is 14.3 Å². The van der Waals surface area contributed by atoms with Crippen LogP contribution >= 0.6 is 23.2 Å². The van der Waals surface area contributed by atoms with Crippen LogP contribution in [-0.4, -0.2) is 23.4 Å².